The zero-order chi connectivity index (χ0) is 20.5. The van der Waals surface area contributed by atoms with Gasteiger partial charge in [-0.3, -0.25) is 14.3 Å². The summed E-state index contributed by atoms with van der Waals surface area (Å²) >= 11 is 0. The third kappa shape index (κ3) is 3.54. The number of aromatic nitrogens is 4. The van der Waals surface area contributed by atoms with Gasteiger partial charge in [-0.05, 0) is 38.5 Å². The van der Waals surface area contributed by atoms with E-state index in [9.17, 15) is 9.90 Å². The van der Waals surface area contributed by atoms with Crippen molar-refractivity contribution < 1.29 is 5.11 Å². The Morgan fingerprint density at radius 3 is 2.48 bits per heavy atom. The van der Waals surface area contributed by atoms with Crippen LogP contribution in [0, 0.1) is 13.8 Å². The molecule has 0 aliphatic heterocycles. The highest BCUT2D eigenvalue weighted by atomic mass is 16.3. The Labute approximate surface area is 168 Å². The molecule has 0 amide bonds. The Kier molecular flexibility index (Phi) is 4.94. The number of pyridine rings is 2. The Hall–Kier alpha value is -3.38. The number of hydrogen-bond acceptors (Lipinski definition) is 5. The summed E-state index contributed by atoms with van der Waals surface area (Å²) < 4.78 is 1.46. The van der Waals surface area contributed by atoms with Crippen LogP contribution < -0.4 is 5.56 Å². The summed E-state index contributed by atoms with van der Waals surface area (Å²) in [4.78, 5) is 26.8. The molecule has 29 heavy (non-hydrogen) atoms. The van der Waals surface area contributed by atoms with E-state index in [-0.39, 0.29) is 18.2 Å². The van der Waals surface area contributed by atoms with E-state index in [0.29, 0.717) is 22.3 Å². The summed E-state index contributed by atoms with van der Waals surface area (Å²) in [6, 6.07) is 11.4. The van der Waals surface area contributed by atoms with Gasteiger partial charge in [0, 0.05) is 23.5 Å². The lowest BCUT2D eigenvalue weighted by atomic mass is 10.0. The molecule has 3 aromatic heterocycles. The van der Waals surface area contributed by atoms with Crippen LogP contribution in [0.5, 0.6) is 0 Å². The number of hydrogen-bond donors (Lipinski definition) is 1. The maximum absolute atomic E-state index is 13.2. The third-order valence-electron chi connectivity index (χ3n) is 5.00. The van der Waals surface area contributed by atoms with Crippen LogP contribution in [0.4, 0.5) is 0 Å². The quantitative estimate of drug-likeness (QED) is 0.578. The van der Waals surface area contributed by atoms with Crippen molar-refractivity contribution in [3.05, 3.63) is 76.6 Å². The van der Waals surface area contributed by atoms with Crippen molar-refractivity contribution in [3.8, 4) is 22.5 Å². The predicted octanol–water partition coefficient (Wildman–Crippen LogP) is 3.69. The first-order valence-corrected chi connectivity index (χ1v) is 9.49. The topological polar surface area (TPSA) is 80.9 Å². The van der Waals surface area contributed by atoms with Crippen molar-refractivity contribution in [1.82, 2.24) is 19.5 Å². The molecule has 6 nitrogen and oxygen atoms in total. The molecule has 4 aromatic rings. The third-order valence-corrected chi connectivity index (χ3v) is 5.00. The van der Waals surface area contributed by atoms with Crippen LogP contribution >= 0.6 is 0 Å². The molecule has 0 saturated carbocycles. The second-order valence-electron chi connectivity index (χ2n) is 7.36. The molecule has 3 heterocycles. The average Bonchev–Trinajstić information content (AvgIpc) is 2.73. The maximum Gasteiger partial charge on any atom is 0.261 e. The molecule has 4 rings (SSSR count). The molecule has 0 aliphatic rings. The van der Waals surface area contributed by atoms with E-state index in [1.165, 1.54) is 10.9 Å². The number of rotatable bonds is 4. The van der Waals surface area contributed by atoms with E-state index in [1.54, 1.807) is 25.4 Å². The normalized spacial score (nSPS) is 12.3. The standard InChI is InChI=1S/C23H22N4O2/c1-14-4-6-17(7-5-14)20-9-19-22(25-13-27(23(19)29)16(3)12-28)21(26-20)18-8-15(2)10-24-11-18/h4-11,13,16,28H,12H2,1-3H3/t16-/m0/s1. The molecule has 1 N–H and O–H groups in total. The number of aliphatic hydroxyl groups excluding tert-OH is 1. The number of nitrogens with zero attached hydrogens (tertiary/aromatic N) is 4. The van der Waals surface area contributed by atoms with Gasteiger partial charge in [-0.1, -0.05) is 29.8 Å². The van der Waals surface area contributed by atoms with Crippen LogP contribution in [-0.2, 0) is 0 Å². The molecule has 6 heteroatoms. The molecular weight excluding hydrogens is 364 g/mol. The molecule has 0 bridgehead atoms. The lowest BCUT2D eigenvalue weighted by Crippen LogP contribution is -2.25. The van der Waals surface area contributed by atoms with E-state index < -0.39 is 0 Å². The fourth-order valence-corrected chi connectivity index (χ4v) is 3.30. The number of aryl methyl sites for hydroxylation is 2. The Balaban J connectivity index is 2.05. The van der Waals surface area contributed by atoms with Crippen LogP contribution in [0.1, 0.15) is 24.1 Å². The second kappa shape index (κ2) is 7.56. The highest BCUT2D eigenvalue weighted by Crippen LogP contribution is 2.29. The van der Waals surface area contributed by atoms with Gasteiger partial charge in [0.2, 0.25) is 0 Å². The van der Waals surface area contributed by atoms with Gasteiger partial charge in [0.25, 0.3) is 5.56 Å². The van der Waals surface area contributed by atoms with E-state index in [0.717, 1.165) is 22.3 Å². The van der Waals surface area contributed by atoms with Gasteiger partial charge in [0.05, 0.1) is 35.8 Å². The van der Waals surface area contributed by atoms with Crippen molar-refractivity contribution in [2.24, 2.45) is 0 Å². The first kappa shape index (κ1) is 19.0. The molecule has 0 fully saturated rings. The molecule has 0 spiro atoms. The van der Waals surface area contributed by atoms with Gasteiger partial charge < -0.3 is 5.11 Å². The zero-order valence-corrected chi connectivity index (χ0v) is 16.6. The lowest BCUT2D eigenvalue weighted by molar-refractivity contribution is 0.236. The molecule has 146 valence electrons. The molecule has 1 aromatic carbocycles. The Bertz CT molecular complexity index is 1250. The summed E-state index contributed by atoms with van der Waals surface area (Å²) in [6.45, 7) is 5.63. The summed E-state index contributed by atoms with van der Waals surface area (Å²) in [7, 11) is 0. The Morgan fingerprint density at radius 1 is 1.03 bits per heavy atom. The summed E-state index contributed by atoms with van der Waals surface area (Å²) in [6.07, 6.45) is 4.99. The van der Waals surface area contributed by atoms with Crippen LogP contribution in [0.15, 0.2) is 59.9 Å². The van der Waals surface area contributed by atoms with E-state index in [1.807, 2.05) is 44.2 Å². The Morgan fingerprint density at radius 2 is 1.79 bits per heavy atom. The van der Waals surface area contributed by atoms with Crippen molar-refractivity contribution >= 4 is 10.9 Å². The highest BCUT2D eigenvalue weighted by Gasteiger charge is 2.16. The minimum Gasteiger partial charge on any atom is -0.394 e. The molecular formula is C23H22N4O2. The van der Waals surface area contributed by atoms with E-state index >= 15 is 0 Å². The summed E-state index contributed by atoms with van der Waals surface area (Å²) in [5, 5.41) is 9.97. The summed E-state index contributed by atoms with van der Waals surface area (Å²) in [5.74, 6) is 0. The molecule has 0 unspecified atom stereocenters. The van der Waals surface area contributed by atoms with Crippen molar-refractivity contribution in [2.45, 2.75) is 26.8 Å². The number of fused-ring (bicyclic) bond motifs is 1. The van der Waals surface area contributed by atoms with Crippen molar-refractivity contribution in [3.63, 3.8) is 0 Å². The highest BCUT2D eigenvalue weighted by molar-refractivity contribution is 5.93. The van der Waals surface area contributed by atoms with E-state index in [2.05, 4.69) is 9.97 Å². The van der Waals surface area contributed by atoms with Gasteiger partial charge in [0.15, 0.2) is 0 Å². The minimum absolute atomic E-state index is 0.141. The first-order chi connectivity index (χ1) is 14.0. The maximum atomic E-state index is 13.2. The zero-order valence-electron chi connectivity index (χ0n) is 16.6. The molecule has 0 aliphatic carbocycles. The van der Waals surface area contributed by atoms with Crippen LogP contribution in [0.3, 0.4) is 0 Å². The van der Waals surface area contributed by atoms with Gasteiger partial charge in [-0.2, -0.15) is 0 Å². The largest absolute Gasteiger partial charge is 0.394 e. The van der Waals surface area contributed by atoms with Gasteiger partial charge >= 0.3 is 0 Å². The molecule has 0 saturated heterocycles. The monoisotopic (exact) mass is 386 g/mol. The first-order valence-electron chi connectivity index (χ1n) is 9.49. The van der Waals surface area contributed by atoms with E-state index in [4.69, 9.17) is 4.98 Å². The van der Waals surface area contributed by atoms with Crippen LogP contribution in [0.2, 0.25) is 0 Å². The lowest BCUT2D eigenvalue weighted by Gasteiger charge is -2.14. The van der Waals surface area contributed by atoms with Gasteiger partial charge in [0.1, 0.15) is 5.52 Å². The molecule has 1 atom stereocenters. The number of aliphatic hydroxyl groups is 1. The van der Waals surface area contributed by atoms with Gasteiger partial charge in [-0.25, -0.2) is 9.97 Å². The van der Waals surface area contributed by atoms with Crippen molar-refractivity contribution in [1.29, 1.82) is 0 Å². The minimum atomic E-state index is -0.362. The smallest absolute Gasteiger partial charge is 0.261 e. The SMILES string of the molecule is Cc1ccc(-c2cc3c(=O)n([C@@H](C)CO)cnc3c(-c3cncc(C)c3)n2)cc1. The average molecular weight is 386 g/mol. The second-order valence-corrected chi connectivity index (χ2v) is 7.36. The fraction of sp³-hybridized carbons (Fsp3) is 0.217. The fourth-order valence-electron chi connectivity index (χ4n) is 3.30. The van der Waals surface area contributed by atoms with Crippen LogP contribution in [-0.4, -0.2) is 31.2 Å². The molecule has 0 radical (unpaired) electrons. The predicted molar refractivity (Wildman–Crippen MR) is 114 cm³/mol. The van der Waals surface area contributed by atoms with Gasteiger partial charge in [-0.15, -0.1) is 0 Å². The van der Waals surface area contributed by atoms with Crippen molar-refractivity contribution in [2.75, 3.05) is 6.61 Å². The number of benzene rings is 1. The summed E-state index contributed by atoms with van der Waals surface area (Å²) in [5.41, 5.74) is 5.53. The van der Waals surface area contributed by atoms with Crippen LogP contribution in [0.25, 0.3) is 33.4 Å².